The van der Waals surface area contributed by atoms with Gasteiger partial charge in [-0.25, -0.2) is 0 Å². The highest BCUT2D eigenvalue weighted by Gasteiger charge is 2.43. The molecule has 0 spiro atoms. The highest BCUT2D eigenvalue weighted by atomic mass is 28.3. The van der Waals surface area contributed by atoms with Gasteiger partial charge in [0.2, 0.25) is 5.91 Å². The van der Waals surface area contributed by atoms with Gasteiger partial charge in [-0.15, -0.1) is 0 Å². The molecule has 78 valence electrons. The summed E-state index contributed by atoms with van der Waals surface area (Å²) in [4.78, 5) is 11.0. The Labute approximate surface area is 82.9 Å². The standard InChI is InChI=1S/C10H23NOSi/c1-8(2)13(6,7-9(11)12)10(3,4)5/h8H,7H2,1-6H3,(H2,11,12). The largest absolute Gasteiger partial charge is 0.370 e. The molecule has 0 aromatic heterocycles. The Hall–Kier alpha value is -0.313. The molecule has 0 aliphatic rings. The van der Waals surface area contributed by atoms with Crippen LogP contribution in [0.1, 0.15) is 34.6 Å². The van der Waals surface area contributed by atoms with Crippen molar-refractivity contribution in [1.82, 2.24) is 0 Å². The van der Waals surface area contributed by atoms with Crippen molar-refractivity contribution in [2.75, 3.05) is 0 Å². The van der Waals surface area contributed by atoms with Gasteiger partial charge in [-0.3, -0.25) is 4.79 Å². The summed E-state index contributed by atoms with van der Waals surface area (Å²) >= 11 is 0. The first-order valence-electron chi connectivity index (χ1n) is 4.89. The third kappa shape index (κ3) is 2.83. The number of rotatable bonds is 3. The monoisotopic (exact) mass is 201 g/mol. The normalized spacial score (nSPS) is 17.2. The lowest BCUT2D eigenvalue weighted by Crippen LogP contribution is -2.46. The maximum absolute atomic E-state index is 11.0. The zero-order valence-corrected chi connectivity index (χ0v) is 10.8. The molecular weight excluding hydrogens is 178 g/mol. The molecule has 0 rings (SSSR count). The minimum Gasteiger partial charge on any atom is -0.370 e. The molecule has 0 radical (unpaired) electrons. The molecule has 1 amide bonds. The molecule has 0 saturated heterocycles. The topological polar surface area (TPSA) is 43.1 Å². The average Bonchev–Trinajstić information content (AvgIpc) is 1.82. The summed E-state index contributed by atoms with van der Waals surface area (Å²) in [5, 5.41) is 0.246. The molecule has 0 heterocycles. The van der Waals surface area contributed by atoms with Crippen molar-refractivity contribution in [3.05, 3.63) is 0 Å². The molecule has 1 atom stereocenters. The van der Waals surface area contributed by atoms with Crippen molar-refractivity contribution >= 4 is 14.0 Å². The first-order valence-corrected chi connectivity index (χ1v) is 7.68. The number of carbonyl (C=O) groups excluding carboxylic acids is 1. The van der Waals surface area contributed by atoms with E-state index in [9.17, 15) is 4.79 Å². The number of amides is 1. The minimum absolute atomic E-state index is 0.141. The van der Waals surface area contributed by atoms with Crippen LogP contribution >= 0.6 is 0 Å². The average molecular weight is 201 g/mol. The lowest BCUT2D eigenvalue weighted by atomic mass is 10.2. The zero-order chi connectivity index (χ0) is 10.9. The fourth-order valence-corrected chi connectivity index (χ4v) is 5.09. The number of hydrogen-bond donors (Lipinski definition) is 1. The Kier molecular flexibility index (Phi) is 3.73. The fourth-order valence-electron chi connectivity index (χ4n) is 1.70. The van der Waals surface area contributed by atoms with E-state index in [4.69, 9.17) is 5.73 Å². The number of primary amides is 1. The van der Waals surface area contributed by atoms with E-state index in [0.717, 1.165) is 0 Å². The molecule has 2 N–H and O–H groups in total. The Morgan fingerprint density at radius 3 is 1.85 bits per heavy atom. The molecule has 13 heavy (non-hydrogen) atoms. The molecule has 0 aromatic carbocycles. The van der Waals surface area contributed by atoms with Crippen molar-refractivity contribution in [3.63, 3.8) is 0 Å². The second-order valence-corrected chi connectivity index (χ2v) is 11.3. The van der Waals surface area contributed by atoms with Crippen LogP contribution < -0.4 is 5.73 Å². The predicted molar refractivity (Wildman–Crippen MR) is 60.4 cm³/mol. The van der Waals surface area contributed by atoms with E-state index >= 15 is 0 Å². The van der Waals surface area contributed by atoms with E-state index in [1.807, 2.05) is 0 Å². The van der Waals surface area contributed by atoms with E-state index < -0.39 is 8.07 Å². The summed E-state index contributed by atoms with van der Waals surface area (Å²) in [7, 11) is -1.57. The molecule has 1 unspecified atom stereocenters. The summed E-state index contributed by atoms with van der Waals surface area (Å²) in [6, 6.07) is 0.605. The Morgan fingerprint density at radius 1 is 1.38 bits per heavy atom. The summed E-state index contributed by atoms with van der Waals surface area (Å²) < 4.78 is 0. The van der Waals surface area contributed by atoms with E-state index in [1.165, 1.54) is 0 Å². The summed E-state index contributed by atoms with van der Waals surface area (Å²) in [5.41, 5.74) is 5.91. The lowest BCUT2D eigenvalue weighted by molar-refractivity contribution is -0.116. The fraction of sp³-hybridized carbons (Fsp3) is 0.900. The van der Waals surface area contributed by atoms with Gasteiger partial charge in [-0.2, -0.15) is 0 Å². The van der Waals surface area contributed by atoms with Crippen LogP contribution in [0.15, 0.2) is 0 Å². The molecule has 0 aliphatic heterocycles. The summed E-state index contributed by atoms with van der Waals surface area (Å²) in [6.07, 6.45) is 0. The van der Waals surface area contributed by atoms with Crippen LogP contribution in [0, 0.1) is 0 Å². The first kappa shape index (κ1) is 12.7. The molecule has 0 fully saturated rings. The molecule has 3 heteroatoms. The van der Waals surface area contributed by atoms with Crippen molar-refractivity contribution in [2.24, 2.45) is 5.73 Å². The van der Waals surface area contributed by atoms with Gasteiger partial charge in [0.05, 0.1) is 8.07 Å². The highest BCUT2D eigenvalue weighted by Crippen LogP contribution is 2.45. The molecule has 0 aliphatic carbocycles. The number of nitrogens with two attached hydrogens (primary N) is 1. The van der Waals surface area contributed by atoms with Crippen LogP contribution in [0.25, 0.3) is 0 Å². The van der Waals surface area contributed by atoms with E-state index in [2.05, 4.69) is 41.2 Å². The molecule has 0 saturated carbocycles. The van der Waals surface area contributed by atoms with Crippen LogP contribution in [-0.2, 0) is 4.79 Å². The van der Waals surface area contributed by atoms with Crippen LogP contribution in [0.2, 0.25) is 23.2 Å². The quantitative estimate of drug-likeness (QED) is 0.701. The Bertz CT molecular complexity index is 196. The Morgan fingerprint density at radius 2 is 1.77 bits per heavy atom. The molecule has 0 aromatic rings. The lowest BCUT2D eigenvalue weighted by Gasteiger charge is -2.42. The van der Waals surface area contributed by atoms with Crippen LogP contribution in [0.4, 0.5) is 0 Å². The van der Waals surface area contributed by atoms with E-state index in [0.29, 0.717) is 11.6 Å². The van der Waals surface area contributed by atoms with E-state index in [1.54, 1.807) is 0 Å². The van der Waals surface area contributed by atoms with Gasteiger partial charge >= 0.3 is 0 Å². The van der Waals surface area contributed by atoms with Gasteiger partial charge in [-0.1, -0.05) is 46.7 Å². The van der Waals surface area contributed by atoms with Crippen molar-refractivity contribution in [1.29, 1.82) is 0 Å². The van der Waals surface area contributed by atoms with Gasteiger partial charge in [0.1, 0.15) is 0 Å². The van der Waals surface area contributed by atoms with Crippen molar-refractivity contribution in [3.8, 4) is 0 Å². The SMILES string of the molecule is CC(C)[Si](C)(CC(N)=O)C(C)(C)C. The van der Waals surface area contributed by atoms with Crippen LogP contribution in [0.5, 0.6) is 0 Å². The van der Waals surface area contributed by atoms with Gasteiger partial charge in [0.15, 0.2) is 0 Å². The molecular formula is C10H23NOSi. The molecule has 2 nitrogen and oxygen atoms in total. The maximum atomic E-state index is 11.0. The van der Waals surface area contributed by atoms with Gasteiger partial charge < -0.3 is 5.73 Å². The third-order valence-corrected chi connectivity index (χ3v) is 10.6. The molecule has 0 bridgehead atoms. The van der Waals surface area contributed by atoms with Gasteiger partial charge in [-0.05, 0) is 5.04 Å². The Balaban J connectivity index is 4.85. The second-order valence-electron chi connectivity index (χ2n) is 5.47. The van der Waals surface area contributed by atoms with Crippen LogP contribution in [0.3, 0.4) is 0 Å². The van der Waals surface area contributed by atoms with Crippen molar-refractivity contribution in [2.45, 2.75) is 57.8 Å². The predicted octanol–water partition coefficient (Wildman–Crippen LogP) is 2.76. The smallest absolute Gasteiger partial charge is 0.214 e. The maximum Gasteiger partial charge on any atom is 0.214 e. The summed E-state index contributed by atoms with van der Waals surface area (Å²) in [6.45, 7) is 13.4. The number of hydrogen-bond acceptors (Lipinski definition) is 1. The third-order valence-electron chi connectivity index (χ3n) is 3.53. The minimum atomic E-state index is -1.57. The van der Waals surface area contributed by atoms with Gasteiger partial charge in [0.25, 0.3) is 0 Å². The number of carbonyl (C=O) groups is 1. The zero-order valence-electron chi connectivity index (χ0n) is 9.77. The van der Waals surface area contributed by atoms with Gasteiger partial charge in [0, 0.05) is 6.04 Å². The van der Waals surface area contributed by atoms with Crippen molar-refractivity contribution < 1.29 is 4.79 Å². The first-order chi connectivity index (χ1) is 5.61. The highest BCUT2D eigenvalue weighted by molar-refractivity contribution is 6.84. The van der Waals surface area contributed by atoms with Crippen LogP contribution in [-0.4, -0.2) is 14.0 Å². The second kappa shape index (κ2) is 3.82. The summed E-state index contributed by atoms with van der Waals surface area (Å²) in [5.74, 6) is -0.141. The van der Waals surface area contributed by atoms with E-state index in [-0.39, 0.29) is 10.9 Å².